The van der Waals surface area contributed by atoms with Gasteiger partial charge in [-0.05, 0) is 6.07 Å². The maximum absolute atomic E-state index is 12.5. The van der Waals surface area contributed by atoms with Crippen LogP contribution in [0.25, 0.3) is 0 Å². The number of anilines is 1. The van der Waals surface area contributed by atoms with Crippen LogP contribution in [0.1, 0.15) is 17.7 Å². The van der Waals surface area contributed by atoms with E-state index in [1.54, 1.807) is 0 Å². The quantitative estimate of drug-likeness (QED) is 0.770. The van der Waals surface area contributed by atoms with Crippen LogP contribution < -0.4 is 16.2 Å². The van der Waals surface area contributed by atoms with Crippen molar-refractivity contribution in [3.63, 3.8) is 0 Å². The predicted octanol–water partition coefficient (Wildman–Crippen LogP) is 1.07. The van der Waals surface area contributed by atoms with Crippen molar-refractivity contribution in [3.05, 3.63) is 17.3 Å². The number of hydrogen-bond donors (Lipinski definition) is 2. The zero-order valence-corrected chi connectivity index (χ0v) is 7.63. The average molecular weight is 203 g/mol. The number of nitrogen functional groups attached to an aromatic ring is 1. The summed E-state index contributed by atoms with van der Waals surface area (Å²) < 4.78 is 29.8. The molecule has 1 aromatic heterocycles. The van der Waals surface area contributed by atoms with Gasteiger partial charge in [-0.15, -0.1) is 0 Å². The summed E-state index contributed by atoms with van der Waals surface area (Å²) in [4.78, 5) is 3.80. The van der Waals surface area contributed by atoms with E-state index >= 15 is 0 Å². The zero-order valence-electron chi connectivity index (χ0n) is 7.63. The number of rotatable bonds is 3. The van der Waals surface area contributed by atoms with Gasteiger partial charge in [0.15, 0.2) is 5.75 Å². The molecule has 1 heterocycles. The van der Waals surface area contributed by atoms with Gasteiger partial charge < -0.3 is 16.2 Å². The van der Waals surface area contributed by atoms with Crippen LogP contribution in [0.3, 0.4) is 0 Å². The van der Waals surface area contributed by atoms with Gasteiger partial charge in [0.2, 0.25) is 0 Å². The minimum Gasteiger partial charge on any atom is -0.494 e. The van der Waals surface area contributed by atoms with E-state index < -0.39 is 6.43 Å². The summed E-state index contributed by atoms with van der Waals surface area (Å²) in [6.45, 7) is 0.00787. The summed E-state index contributed by atoms with van der Waals surface area (Å²) in [6, 6.07) is 1.09. The van der Waals surface area contributed by atoms with Crippen LogP contribution in [0.15, 0.2) is 6.07 Å². The summed E-state index contributed by atoms with van der Waals surface area (Å²) >= 11 is 0. The van der Waals surface area contributed by atoms with Gasteiger partial charge in [0.05, 0.1) is 18.4 Å². The van der Waals surface area contributed by atoms with Crippen LogP contribution in [-0.4, -0.2) is 12.1 Å². The molecule has 0 saturated heterocycles. The second-order valence-corrected chi connectivity index (χ2v) is 2.62. The third-order valence-corrected chi connectivity index (χ3v) is 1.72. The number of ether oxygens (including phenoxy) is 1. The molecule has 0 aliphatic rings. The highest BCUT2D eigenvalue weighted by Gasteiger charge is 2.18. The van der Waals surface area contributed by atoms with Crippen molar-refractivity contribution in [1.82, 2.24) is 4.98 Å². The fraction of sp³-hybridized carbons (Fsp3) is 0.375. The number of halogens is 2. The van der Waals surface area contributed by atoms with E-state index in [4.69, 9.17) is 16.2 Å². The molecule has 0 bridgehead atoms. The first-order chi connectivity index (χ1) is 6.60. The SMILES string of the molecule is COc1c(C(F)F)cc(N)nc1CN. The Morgan fingerprint density at radius 1 is 1.57 bits per heavy atom. The van der Waals surface area contributed by atoms with Crippen LogP contribution in [0.2, 0.25) is 0 Å². The van der Waals surface area contributed by atoms with Crippen LogP contribution in [0.4, 0.5) is 14.6 Å². The Hall–Kier alpha value is -1.43. The van der Waals surface area contributed by atoms with Crippen molar-refractivity contribution in [3.8, 4) is 5.75 Å². The van der Waals surface area contributed by atoms with Crippen LogP contribution in [-0.2, 0) is 6.54 Å². The van der Waals surface area contributed by atoms with Crippen LogP contribution in [0.5, 0.6) is 5.75 Å². The van der Waals surface area contributed by atoms with Gasteiger partial charge in [0.1, 0.15) is 5.82 Å². The average Bonchev–Trinajstić information content (AvgIpc) is 2.16. The fourth-order valence-corrected chi connectivity index (χ4v) is 1.17. The third kappa shape index (κ3) is 1.90. The summed E-state index contributed by atoms with van der Waals surface area (Å²) in [7, 11) is 1.29. The van der Waals surface area contributed by atoms with Crippen molar-refractivity contribution in [1.29, 1.82) is 0 Å². The number of alkyl halides is 2. The molecule has 4 N–H and O–H groups in total. The summed E-state index contributed by atoms with van der Waals surface area (Å²) in [5.74, 6) is 0.0262. The normalized spacial score (nSPS) is 10.6. The van der Waals surface area contributed by atoms with Crippen molar-refractivity contribution < 1.29 is 13.5 Å². The maximum atomic E-state index is 12.5. The summed E-state index contributed by atoms with van der Waals surface area (Å²) in [5.41, 5.74) is 10.6. The molecule has 0 aromatic carbocycles. The molecule has 0 saturated carbocycles. The van der Waals surface area contributed by atoms with E-state index in [9.17, 15) is 8.78 Å². The number of methoxy groups -OCH3 is 1. The predicted molar refractivity (Wildman–Crippen MR) is 48.0 cm³/mol. The second kappa shape index (κ2) is 4.19. The molecular weight excluding hydrogens is 192 g/mol. The summed E-state index contributed by atoms with van der Waals surface area (Å²) in [5, 5.41) is 0. The van der Waals surface area contributed by atoms with Gasteiger partial charge in [-0.2, -0.15) is 0 Å². The van der Waals surface area contributed by atoms with Crippen molar-refractivity contribution in [2.24, 2.45) is 5.73 Å². The maximum Gasteiger partial charge on any atom is 0.267 e. The lowest BCUT2D eigenvalue weighted by Gasteiger charge is -2.11. The van der Waals surface area contributed by atoms with E-state index in [1.807, 2.05) is 0 Å². The standard InChI is InChI=1S/C8H11F2N3O/c1-14-7-4(8(9)10)2-6(12)13-5(7)3-11/h2,8H,3,11H2,1H3,(H2,12,13). The van der Waals surface area contributed by atoms with Gasteiger partial charge >= 0.3 is 0 Å². The Morgan fingerprint density at radius 3 is 2.64 bits per heavy atom. The largest absolute Gasteiger partial charge is 0.494 e. The smallest absolute Gasteiger partial charge is 0.267 e. The molecule has 0 amide bonds. The lowest BCUT2D eigenvalue weighted by molar-refractivity contribution is 0.146. The van der Waals surface area contributed by atoms with Crippen LogP contribution >= 0.6 is 0 Å². The minimum absolute atomic E-state index is 0.00787. The van der Waals surface area contributed by atoms with Crippen molar-refractivity contribution >= 4 is 5.82 Å². The van der Waals surface area contributed by atoms with Gasteiger partial charge in [-0.1, -0.05) is 0 Å². The molecule has 0 spiro atoms. The molecule has 1 rings (SSSR count). The molecule has 0 aliphatic carbocycles. The van der Waals surface area contributed by atoms with Gasteiger partial charge in [0, 0.05) is 6.54 Å². The van der Waals surface area contributed by atoms with Crippen molar-refractivity contribution in [2.45, 2.75) is 13.0 Å². The monoisotopic (exact) mass is 203 g/mol. The molecule has 4 nitrogen and oxygen atoms in total. The van der Waals surface area contributed by atoms with E-state index in [-0.39, 0.29) is 29.4 Å². The highest BCUT2D eigenvalue weighted by Crippen LogP contribution is 2.32. The van der Waals surface area contributed by atoms with Gasteiger partial charge in [-0.3, -0.25) is 0 Å². The van der Waals surface area contributed by atoms with E-state index in [0.717, 1.165) is 6.07 Å². The molecule has 14 heavy (non-hydrogen) atoms. The minimum atomic E-state index is -2.65. The Kier molecular flexibility index (Phi) is 3.19. The van der Waals surface area contributed by atoms with Gasteiger partial charge in [0.25, 0.3) is 6.43 Å². The zero-order chi connectivity index (χ0) is 10.7. The van der Waals surface area contributed by atoms with Gasteiger partial charge in [-0.25, -0.2) is 13.8 Å². The number of pyridine rings is 1. The Labute approximate surface area is 79.9 Å². The van der Waals surface area contributed by atoms with Crippen LogP contribution in [0, 0.1) is 0 Å². The molecule has 1 aromatic rings. The molecule has 78 valence electrons. The number of nitrogens with two attached hydrogens (primary N) is 2. The fourth-order valence-electron chi connectivity index (χ4n) is 1.17. The molecule has 0 radical (unpaired) electrons. The summed E-state index contributed by atoms with van der Waals surface area (Å²) in [6.07, 6.45) is -2.65. The molecule has 6 heteroatoms. The molecule has 0 atom stereocenters. The first kappa shape index (κ1) is 10.6. The highest BCUT2D eigenvalue weighted by molar-refractivity contribution is 5.46. The lowest BCUT2D eigenvalue weighted by atomic mass is 10.2. The molecule has 0 aliphatic heterocycles. The first-order valence-corrected chi connectivity index (χ1v) is 3.91. The van der Waals surface area contributed by atoms with Crippen molar-refractivity contribution in [2.75, 3.05) is 12.8 Å². The van der Waals surface area contributed by atoms with E-state index in [1.165, 1.54) is 7.11 Å². The number of aromatic nitrogens is 1. The first-order valence-electron chi connectivity index (χ1n) is 3.91. The number of nitrogens with zero attached hydrogens (tertiary/aromatic N) is 1. The topological polar surface area (TPSA) is 74.2 Å². The molecule has 0 fully saturated rings. The third-order valence-electron chi connectivity index (χ3n) is 1.72. The lowest BCUT2D eigenvalue weighted by Crippen LogP contribution is -2.08. The number of hydrogen-bond acceptors (Lipinski definition) is 4. The Balaban J connectivity index is 3.31. The highest BCUT2D eigenvalue weighted by atomic mass is 19.3. The molecule has 0 unspecified atom stereocenters. The molecular formula is C8H11F2N3O. The Bertz CT molecular complexity index is 331. The Morgan fingerprint density at radius 2 is 2.21 bits per heavy atom. The second-order valence-electron chi connectivity index (χ2n) is 2.62. The van der Waals surface area contributed by atoms with E-state index in [2.05, 4.69) is 4.98 Å². The van der Waals surface area contributed by atoms with E-state index in [0.29, 0.717) is 0 Å².